The van der Waals surface area contributed by atoms with Gasteiger partial charge in [0.2, 0.25) is 0 Å². The second kappa shape index (κ2) is 12.7. The van der Waals surface area contributed by atoms with E-state index >= 15 is 0 Å². The average Bonchev–Trinajstić information content (AvgIpc) is 3.91. The van der Waals surface area contributed by atoms with E-state index in [9.17, 15) is 0 Å². The summed E-state index contributed by atoms with van der Waals surface area (Å²) < 4.78 is 4.90. The van der Waals surface area contributed by atoms with Crippen LogP contribution in [0.5, 0.6) is 0 Å². The Morgan fingerprint density at radius 1 is 0.295 bits per heavy atom. The molecule has 0 saturated carbocycles. The normalized spacial score (nSPS) is 13.2. The lowest BCUT2D eigenvalue weighted by molar-refractivity contribution is 0.660. The second-order valence-electron chi connectivity index (χ2n) is 17.2. The molecule has 0 bridgehead atoms. The van der Waals surface area contributed by atoms with Gasteiger partial charge in [-0.1, -0.05) is 166 Å². The van der Waals surface area contributed by atoms with Crippen molar-refractivity contribution in [2.75, 3.05) is 0 Å². The zero-order valence-corrected chi connectivity index (χ0v) is 34.0. The van der Waals surface area contributed by atoms with Gasteiger partial charge in [-0.05, 0) is 121 Å². The smallest absolute Gasteiger partial charge is 0.0541 e. The van der Waals surface area contributed by atoms with Crippen molar-refractivity contribution in [3.63, 3.8) is 0 Å². The molecule has 0 atom stereocenters. The monoisotopic (exact) mass is 776 g/mol. The van der Waals surface area contributed by atoms with Crippen LogP contribution < -0.4 is 0 Å². The Balaban J connectivity index is 1.17. The fourth-order valence-corrected chi connectivity index (χ4v) is 11.0. The summed E-state index contributed by atoms with van der Waals surface area (Å²) in [6, 6.07) is 76.8. The van der Waals surface area contributed by atoms with Gasteiger partial charge < -0.3 is 9.13 Å². The van der Waals surface area contributed by atoms with E-state index in [-0.39, 0.29) is 5.41 Å². The first kappa shape index (κ1) is 34.2. The van der Waals surface area contributed by atoms with Crippen LogP contribution in [0.1, 0.15) is 25.0 Å². The molecule has 0 unspecified atom stereocenters. The zero-order valence-electron chi connectivity index (χ0n) is 34.0. The van der Waals surface area contributed by atoms with Gasteiger partial charge in [0.1, 0.15) is 0 Å². The van der Waals surface area contributed by atoms with E-state index in [1.54, 1.807) is 0 Å². The lowest BCUT2D eigenvalue weighted by atomic mass is 9.80. The maximum absolute atomic E-state index is 2.50. The van der Waals surface area contributed by atoms with Gasteiger partial charge in [0.15, 0.2) is 0 Å². The number of benzene rings is 10. The number of nitrogens with zero attached hydrogens (tertiary/aromatic N) is 2. The van der Waals surface area contributed by atoms with E-state index in [1.807, 2.05) is 0 Å². The minimum Gasteiger partial charge on any atom is -0.309 e. The van der Waals surface area contributed by atoms with Crippen LogP contribution in [-0.2, 0) is 5.41 Å². The Hall–Kier alpha value is -7.68. The predicted molar refractivity (Wildman–Crippen MR) is 259 cm³/mol. The molecule has 0 aliphatic heterocycles. The third-order valence-electron chi connectivity index (χ3n) is 13.7. The Kier molecular flexibility index (Phi) is 7.10. The van der Waals surface area contributed by atoms with Gasteiger partial charge in [0.05, 0.1) is 22.1 Å². The van der Waals surface area contributed by atoms with E-state index < -0.39 is 0 Å². The van der Waals surface area contributed by atoms with Crippen molar-refractivity contribution in [2.24, 2.45) is 0 Å². The van der Waals surface area contributed by atoms with Crippen LogP contribution >= 0.6 is 0 Å². The quantitative estimate of drug-likeness (QED) is 0.158. The topological polar surface area (TPSA) is 9.86 Å². The first-order chi connectivity index (χ1) is 30.0. The second-order valence-corrected chi connectivity index (χ2v) is 17.2. The maximum Gasteiger partial charge on any atom is 0.0541 e. The Morgan fingerprint density at radius 3 is 1.25 bits per heavy atom. The number of fused-ring (bicyclic) bond motifs is 11. The summed E-state index contributed by atoms with van der Waals surface area (Å²) in [5, 5.41) is 10.0. The summed E-state index contributed by atoms with van der Waals surface area (Å²) in [5.74, 6) is 0. The molecule has 10 aromatic carbocycles. The van der Waals surface area contributed by atoms with Gasteiger partial charge in [0, 0.05) is 38.3 Å². The molecule has 0 radical (unpaired) electrons. The van der Waals surface area contributed by atoms with Crippen molar-refractivity contribution >= 4 is 65.2 Å². The Bertz CT molecular complexity index is 3680. The number of hydrogen-bond acceptors (Lipinski definition) is 0. The first-order valence-electron chi connectivity index (χ1n) is 21.4. The van der Waals surface area contributed by atoms with Crippen molar-refractivity contribution in [2.45, 2.75) is 19.3 Å². The third-order valence-corrected chi connectivity index (χ3v) is 13.7. The molecule has 0 N–H and O–H groups in total. The maximum atomic E-state index is 2.50. The zero-order chi connectivity index (χ0) is 40.4. The van der Waals surface area contributed by atoms with E-state index in [0.717, 1.165) is 11.4 Å². The molecule has 61 heavy (non-hydrogen) atoms. The van der Waals surface area contributed by atoms with Crippen LogP contribution in [0.25, 0.3) is 110 Å². The summed E-state index contributed by atoms with van der Waals surface area (Å²) in [4.78, 5) is 0. The SMILES string of the molecule is CC1(C)c2ccccc2-c2ccc(-c3c4ccc(-n5c6ccccc6c6ccccc65)cc4c(-c4ccccc4)c4ccc(-n5c6ccccc6c6ccccc65)cc34)cc21. The van der Waals surface area contributed by atoms with Gasteiger partial charge in [-0.15, -0.1) is 0 Å². The molecule has 286 valence electrons. The number of hydrogen-bond donors (Lipinski definition) is 0. The Labute approximate surface area is 354 Å². The van der Waals surface area contributed by atoms with Crippen molar-refractivity contribution in [1.82, 2.24) is 9.13 Å². The molecule has 0 fully saturated rings. The lowest BCUT2D eigenvalue weighted by Crippen LogP contribution is -2.14. The summed E-state index contributed by atoms with van der Waals surface area (Å²) in [5.41, 5.74) is 17.4. The highest BCUT2D eigenvalue weighted by Gasteiger charge is 2.35. The van der Waals surface area contributed by atoms with Gasteiger partial charge in [-0.3, -0.25) is 0 Å². The summed E-state index contributed by atoms with van der Waals surface area (Å²) >= 11 is 0. The molecular formula is C59H40N2. The minimum absolute atomic E-state index is 0.130. The third kappa shape index (κ3) is 4.79. The van der Waals surface area contributed by atoms with Crippen LogP contribution in [0.3, 0.4) is 0 Å². The number of aromatic nitrogens is 2. The highest BCUT2D eigenvalue weighted by molar-refractivity contribution is 6.23. The molecular weight excluding hydrogens is 737 g/mol. The largest absolute Gasteiger partial charge is 0.309 e. The van der Waals surface area contributed by atoms with E-state index in [1.165, 1.54) is 110 Å². The molecule has 2 heteroatoms. The highest BCUT2D eigenvalue weighted by Crippen LogP contribution is 2.52. The van der Waals surface area contributed by atoms with E-state index in [4.69, 9.17) is 0 Å². The summed E-state index contributed by atoms with van der Waals surface area (Å²) in [7, 11) is 0. The molecule has 12 aromatic rings. The van der Waals surface area contributed by atoms with E-state index in [2.05, 4.69) is 229 Å². The van der Waals surface area contributed by atoms with Crippen molar-refractivity contribution in [1.29, 1.82) is 0 Å². The molecule has 1 aliphatic rings. The standard InChI is InChI=1S/C59H40N2/c1-59(2)51-23-11-6-18-41(51)42-31-28-38(34-52(42)59)58-48-33-30-39(60-53-24-12-7-19-43(53)44-20-8-13-25-54(44)60)35-49(48)57(37-16-4-3-5-17-37)47-32-29-40(36-50(47)58)61-55-26-14-9-21-45(55)46-22-10-15-27-56(46)61/h3-36H,1-2H3. The molecule has 0 saturated heterocycles. The van der Waals surface area contributed by atoms with Gasteiger partial charge in [-0.25, -0.2) is 0 Å². The Morgan fingerprint density at radius 2 is 0.721 bits per heavy atom. The molecule has 0 spiro atoms. The minimum atomic E-state index is -0.130. The molecule has 1 aliphatic carbocycles. The van der Waals surface area contributed by atoms with E-state index in [0.29, 0.717) is 0 Å². The average molecular weight is 777 g/mol. The molecule has 2 heterocycles. The van der Waals surface area contributed by atoms with Crippen molar-refractivity contribution in [3.05, 3.63) is 217 Å². The fraction of sp³-hybridized carbons (Fsp3) is 0.0508. The molecule has 13 rings (SSSR count). The predicted octanol–water partition coefficient (Wildman–Crippen LogP) is 15.8. The molecule has 2 nitrogen and oxygen atoms in total. The number of rotatable bonds is 4. The van der Waals surface area contributed by atoms with Crippen LogP contribution in [0.15, 0.2) is 206 Å². The van der Waals surface area contributed by atoms with Crippen molar-refractivity contribution < 1.29 is 0 Å². The molecule has 0 amide bonds. The molecule has 2 aromatic heterocycles. The van der Waals surface area contributed by atoms with Crippen LogP contribution in [0.2, 0.25) is 0 Å². The summed E-state index contributed by atoms with van der Waals surface area (Å²) in [6.07, 6.45) is 0. The summed E-state index contributed by atoms with van der Waals surface area (Å²) in [6.45, 7) is 4.77. The first-order valence-corrected chi connectivity index (χ1v) is 21.4. The highest BCUT2D eigenvalue weighted by atomic mass is 15.0. The van der Waals surface area contributed by atoms with Gasteiger partial charge in [0.25, 0.3) is 0 Å². The van der Waals surface area contributed by atoms with Crippen LogP contribution in [0.4, 0.5) is 0 Å². The van der Waals surface area contributed by atoms with Gasteiger partial charge >= 0.3 is 0 Å². The van der Waals surface area contributed by atoms with Crippen LogP contribution in [-0.4, -0.2) is 9.13 Å². The van der Waals surface area contributed by atoms with Gasteiger partial charge in [-0.2, -0.15) is 0 Å². The number of para-hydroxylation sites is 4. The lowest BCUT2D eigenvalue weighted by Gasteiger charge is -2.23. The van der Waals surface area contributed by atoms with Crippen LogP contribution in [0, 0.1) is 0 Å². The fourth-order valence-electron chi connectivity index (χ4n) is 11.0. The van der Waals surface area contributed by atoms with Crippen molar-refractivity contribution in [3.8, 4) is 44.8 Å².